The van der Waals surface area contributed by atoms with Gasteiger partial charge in [0.15, 0.2) is 0 Å². The molecule has 1 aromatic rings. The number of nitrogens with zero attached hydrogens (tertiary/aromatic N) is 2. The van der Waals surface area contributed by atoms with Crippen LogP contribution in [0.4, 0.5) is 5.69 Å². The van der Waals surface area contributed by atoms with Crippen LogP contribution in [0.5, 0.6) is 5.75 Å². The van der Waals surface area contributed by atoms with Crippen LogP contribution in [0, 0.1) is 0 Å². The molecule has 0 aliphatic carbocycles. The van der Waals surface area contributed by atoms with Crippen molar-refractivity contribution in [2.75, 3.05) is 44.7 Å². The predicted octanol–water partition coefficient (Wildman–Crippen LogP) is 1.56. The van der Waals surface area contributed by atoms with Gasteiger partial charge in [-0.15, -0.1) is 0 Å². The number of aliphatic carboxylic acids is 1. The molecule has 5 nitrogen and oxygen atoms in total. The van der Waals surface area contributed by atoms with E-state index in [9.17, 15) is 4.79 Å². The highest BCUT2D eigenvalue weighted by molar-refractivity contribution is 6.30. The quantitative estimate of drug-likeness (QED) is 0.909. The molecule has 2 rings (SSSR count). The number of ether oxygens (including phenoxy) is 1. The fraction of sp³-hybridized carbons (Fsp3) is 0.462. The summed E-state index contributed by atoms with van der Waals surface area (Å²) in [7, 11) is 1.63. The van der Waals surface area contributed by atoms with Crippen LogP contribution in [0.2, 0.25) is 5.02 Å². The molecular formula is C13H17ClN2O3. The first-order chi connectivity index (χ1) is 9.10. The second kappa shape index (κ2) is 6.12. The summed E-state index contributed by atoms with van der Waals surface area (Å²) in [5.41, 5.74) is 0.963. The van der Waals surface area contributed by atoms with Crippen LogP contribution in [0.25, 0.3) is 0 Å². The van der Waals surface area contributed by atoms with Gasteiger partial charge in [-0.2, -0.15) is 0 Å². The molecule has 0 saturated carbocycles. The number of carboxylic acid groups (broad SMARTS) is 1. The van der Waals surface area contributed by atoms with Crippen LogP contribution >= 0.6 is 11.6 Å². The molecule has 1 aliphatic rings. The van der Waals surface area contributed by atoms with Crippen molar-refractivity contribution in [3.63, 3.8) is 0 Å². The van der Waals surface area contributed by atoms with Gasteiger partial charge in [-0.3, -0.25) is 9.69 Å². The van der Waals surface area contributed by atoms with E-state index >= 15 is 0 Å². The molecule has 0 bridgehead atoms. The molecule has 1 heterocycles. The van der Waals surface area contributed by atoms with Gasteiger partial charge in [0, 0.05) is 31.2 Å². The molecule has 1 N–H and O–H groups in total. The van der Waals surface area contributed by atoms with E-state index in [4.69, 9.17) is 21.4 Å². The Balaban J connectivity index is 2.05. The maximum absolute atomic E-state index is 10.7. The second-order valence-electron chi connectivity index (χ2n) is 4.47. The zero-order valence-electron chi connectivity index (χ0n) is 10.8. The van der Waals surface area contributed by atoms with Gasteiger partial charge in [0.2, 0.25) is 0 Å². The van der Waals surface area contributed by atoms with Gasteiger partial charge in [-0.1, -0.05) is 11.6 Å². The van der Waals surface area contributed by atoms with Crippen LogP contribution in [0.15, 0.2) is 18.2 Å². The number of anilines is 1. The average molecular weight is 285 g/mol. The van der Waals surface area contributed by atoms with Crippen LogP contribution in [-0.4, -0.2) is 55.8 Å². The minimum Gasteiger partial charge on any atom is -0.495 e. The third kappa shape index (κ3) is 3.52. The largest absolute Gasteiger partial charge is 0.495 e. The van der Waals surface area contributed by atoms with Crippen LogP contribution < -0.4 is 9.64 Å². The lowest BCUT2D eigenvalue weighted by Gasteiger charge is -2.35. The van der Waals surface area contributed by atoms with Crippen molar-refractivity contribution in [2.45, 2.75) is 0 Å². The number of hydrogen-bond acceptors (Lipinski definition) is 4. The number of carbonyl (C=O) groups is 1. The number of carboxylic acids is 1. The summed E-state index contributed by atoms with van der Waals surface area (Å²) >= 11 is 6.02. The zero-order chi connectivity index (χ0) is 13.8. The Kier molecular flexibility index (Phi) is 4.50. The first-order valence-electron chi connectivity index (χ1n) is 6.13. The summed E-state index contributed by atoms with van der Waals surface area (Å²) in [6.07, 6.45) is 0. The van der Waals surface area contributed by atoms with Gasteiger partial charge in [0.05, 0.1) is 19.3 Å². The lowest BCUT2D eigenvalue weighted by molar-refractivity contribution is -0.138. The van der Waals surface area contributed by atoms with Crippen molar-refractivity contribution >= 4 is 23.3 Å². The third-order valence-corrected chi connectivity index (χ3v) is 3.45. The summed E-state index contributed by atoms with van der Waals surface area (Å²) in [5, 5.41) is 9.44. The number of piperazine rings is 1. The fourth-order valence-electron chi connectivity index (χ4n) is 2.25. The van der Waals surface area contributed by atoms with E-state index in [1.165, 1.54) is 0 Å². The van der Waals surface area contributed by atoms with E-state index in [0.717, 1.165) is 37.6 Å². The first kappa shape index (κ1) is 14.0. The summed E-state index contributed by atoms with van der Waals surface area (Å²) < 4.78 is 5.34. The van der Waals surface area contributed by atoms with Crippen molar-refractivity contribution in [3.05, 3.63) is 23.2 Å². The molecule has 0 spiro atoms. The van der Waals surface area contributed by atoms with Crippen LogP contribution in [-0.2, 0) is 4.79 Å². The number of halogens is 1. The highest BCUT2D eigenvalue weighted by atomic mass is 35.5. The van der Waals surface area contributed by atoms with Gasteiger partial charge >= 0.3 is 5.97 Å². The molecule has 0 amide bonds. The number of methoxy groups -OCH3 is 1. The molecule has 19 heavy (non-hydrogen) atoms. The monoisotopic (exact) mass is 284 g/mol. The number of rotatable bonds is 4. The van der Waals surface area contributed by atoms with E-state index < -0.39 is 5.97 Å². The van der Waals surface area contributed by atoms with E-state index in [2.05, 4.69) is 4.90 Å². The van der Waals surface area contributed by atoms with E-state index in [1.807, 2.05) is 17.0 Å². The molecule has 6 heteroatoms. The minimum atomic E-state index is -0.784. The Morgan fingerprint density at radius 1 is 1.37 bits per heavy atom. The molecule has 1 saturated heterocycles. The van der Waals surface area contributed by atoms with Crippen molar-refractivity contribution in [3.8, 4) is 5.75 Å². The lowest BCUT2D eigenvalue weighted by atomic mass is 10.2. The Morgan fingerprint density at radius 3 is 2.63 bits per heavy atom. The molecule has 1 fully saturated rings. The fourth-order valence-corrected chi connectivity index (χ4v) is 2.41. The van der Waals surface area contributed by atoms with Crippen molar-refractivity contribution < 1.29 is 14.6 Å². The SMILES string of the molecule is COc1ccc(Cl)cc1N1CCN(CC(=O)O)CC1. The maximum atomic E-state index is 10.7. The Bertz CT molecular complexity index is 459. The number of hydrogen-bond donors (Lipinski definition) is 1. The highest BCUT2D eigenvalue weighted by Crippen LogP contribution is 2.31. The standard InChI is InChI=1S/C13H17ClN2O3/c1-19-12-3-2-10(14)8-11(12)16-6-4-15(5-7-16)9-13(17)18/h2-3,8H,4-7,9H2,1H3,(H,17,18). The van der Waals surface area contributed by atoms with E-state index in [0.29, 0.717) is 5.02 Å². The second-order valence-corrected chi connectivity index (χ2v) is 4.91. The van der Waals surface area contributed by atoms with Gasteiger partial charge in [0.25, 0.3) is 0 Å². The molecular weight excluding hydrogens is 268 g/mol. The smallest absolute Gasteiger partial charge is 0.317 e. The van der Waals surface area contributed by atoms with Gasteiger partial charge in [-0.25, -0.2) is 0 Å². The summed E-state index contributed by atoms with van der Waals surface area (Å²) in [6, 6.07) is 5.53. The van der Waals surface area contributed by atoms with Crippen LogP contribution in [0.3, 0.4) is 0 Å². The Morgan fingerprint density at radius 2 is 2.05 bits per heavy atom. The zero-order valence-corrected chi connectivity index (χ0v) is 11.6. The summed E-state index contributed by atoms with van der Waals surface area (Å²) in [4.78, 5) is 14.8. The number of benzene rings is 1. The molecule has 0 atom stereocenters. The van der Waals surface area contributed by atoms with Crippen molar-refractivity contribution in [1.29, 1.82) is 0 Å². The Labute approximate surface area is 117 Å². The van der Waals surface area contributed by atoms with Crippen molar-refractivity contribution in [1.82, 2.24) is 4.90 Å². The Hall–Kier alpha value is -1.46. The molecule has 0 radical (unpaired) electrons. The first-order valence-corrected chi connectivity index (χ1v) is 6.50. The normalized spacial score (nSPS) is 16.4. The van der Waals surface area contributed by atoms with Crippen LogP contribution in [0.1, 0.15) is 0 Å². The van der Waals surface area contributed by atoms with E-state index in [1.54, 1.807) is 13.2 Å². The summed E-state index contributed by atoms with van der Waals surface area (Å²) in [5.74, 6) is 0.00451. The highest BCUT2D eigenvalue weighted by Gasteiger charge is 2.21. The molecule has 104 valence electrons. The van der Waals surface area contributed by atoms with E-state index in [-0.39, 0.29) is 6.54 Å². The minimum absolute atomic E-state index is 0.0977. The predicted molar refractivity (Wildman–Crippen MR) is 74.3 cm³/mol. The van der Waals surface area contributed by atoms with Gasteiger partial charge in [-0.05, 0) is 18.2 Å². The summed E-state index contributed by atoms with van der Waals surface area (Å²) in [6.45, 7) is 3.08. The topological polar surface area (TPSA) is 53.0 Å². The molecule has 0 aromatic heterocycles. The van der Waals surface area contributed by atoms with Gasteiger partial charge in [0.1, 0.15) is 5.75 Å². The molecule has 1 aromatic carbocycles. The average Bonchev–Trinajstić information content (AvgIpc) is 2.39. The maximum Gasteiger partial charge on any atom is 0.317 e. The molecule has 0 unspecified atom stereocenters. The third-order valence-electron chi connectivity index (χ3n) is 3.21. The van der Waals surface area contributed by atoms with Crippen molar-refractivity contribution in [2.24, 2.45) is 0 Å². The molecule has 1 aliphatic heterocycles. The lowest BCUT2D eigenvalue weighted by Crippen LogP contribution is -2.48. The van der Waals surface area contributed by atoms with Gasteiger partial charge < -0.3 is 14.7 Å².